The number of carbonyl (C=O) groups is 1. The van der Waals surface area contributed by atoms with E-state index in [0.29, 0.717) is 20.6 Å². The van der Waals surface area contributed by atoms with E-state index in [1.807, 2.05) is 30.3 Å². The number of thiazole rings is 1. The fourth-order valence-electron chi connectivity index (χ4n) is 2.74. The zero-order chi connectivity index (χ0) is 20.1. The van der Waals surface area contributed by atoms with Crippen molar-refractivity contribution in [2.75, 3.05) is 12.4 Å². The van der Waals surface area contributed by atoms with E-state index < -0.39 is 0 Å². The first-order valence-electron chi connectivity index (χ1n) is 8.94. The topological polar surface area (TPSA) is 60.3 Å². The Hall–Kier alpha value is -3.12. The second-order valence-corrected chi connectivity index (χ2v) is 7.30. The molecule has 0 bridgehead atoms. The molecular weight excluding hydrogens is 372 g/mol. The molecule has 1 N–H and O–H groups in total. The second-order valence-electron chi connectivity index (χ2n) is 6.24. The Kier molecular flexibility index (Phi) is 6.11. The van der Waals surface area contributed by atoms with E-state index in [9.17, 15) is 9.59 Å². The molecule has 0 aliphatic heterocycles. The second kappa shape index (κ2) is 8.71. The summed E-state index contributed by atoms with van der Waals surface area (Å²) in [5, 5.41) is 2.79. The quantitative estimate of drug-likeness (QED) is 0.722. The monoisotopic (exact) mass is 394 g/mol. The van der Waals surface area contributed by atoms with Crippen LogP contribution in [-0.2, 0) is 18.3 Å². The third-order valence-corrected chi connectivity index (χ3v) is 5.48. The van der Waals surface area contributed by atoms with E-state index in [1.54, 1.807) is 26.3 Å². The number of hydrogen-bond donors (Lipinski definition) is 1. The number of rotatable bonds is 5. The van der Waals surface area contributed by atoms with Gasteiger partial charge < -0.3 is 14.6 Å². The van der Waals surface area contributed by atoms with Crippen LogP contribution in [0.3, 0.4) is 0 Å². The van der Waals surface area contributed by atoms with Crippen LogP contribution >= 0.6 is 11.3 Å². The number of anilines is 1. The van der Waals surface area contributed by atoms with Crippen molar-refractivity contribution in [1.29, 1.82) is 0 Å². The predicted octanol–water partition coefficient (Wildman–Crippen LogP) is 2.27. The van der Waals surface area contributed by atoms with Crippen molar-refractivity contribution < 1.29 is 9.53 Å². The van der Waals surface area contributed by atoms with Crippen molar-refractivity contribution in [3.63, 3.8) is 0 Å². The molecule has 0 spiro atoms. The molecule has 0 atom stereocenters. The van der Waals surface area contributed by atoms with Crippen LogP contribution in [0.5, 0.6) is 5.75 Å². The van der Waals surface area contributed by atoms with Gasteiger partial charge in [-0.05, 0) is 35.8 Å². The fourth-order valence-corrected chi connectivity index (χ4v) is 3.77. The van der Waals surface area contributed by atoms with Crippen LogP contribution in [0.4, 0.5) is 5.69 Å². The lowest BCUT2D eigenvalue weighted by atomic mass is 10.1. The Morgan fingerprint density at radius 2 is 1.89 bits per heavy atom. The molecule has 28 heavy (non-hydrogen) atoms. The number of hydrogen-bond acceptors (Lipinski definition) is 4. The van der Waals surface area contributed by atoms with Gasteiger partial charge in [0, 0.05) is 13.1 Å². The molecule has 1 heterocycles. The van der Waals surface area contributed by atoms with E-state index in [0.717, 1.165) is 12.0 Å². The molecule has 3 rings (SSSR count). The van der Waals surface area contributed by atoms with Gasteiger partial charge >= 0.3 is 0 Å². The third-order valence-electron chi connectivity index (χ3n) is 4.37. The van der Waals surface area contributed by atoms with E-state index in [2.05, 4.69) is 24.4 Å². The Morgan fingerprint density at radius 3 is 2.57 bits per heavy atom. The average Bonchev–Trinajstić information content (AvgIpc) is 2.96. The van der Waals surface area contributed by atoms with Gasteiger partial charge in [-0.2, -0.15) is 0 Å². The molecule has 3 aromatic rings. The maximum Gasteiger partial charge on any atom is 0.268 e. The molecule has 144 valence electrons. The number of carbonyl (C=O) groups excluding carboxylic acids is 1. The van der Waals surface area contributed by atoms with E-state index in [4.69, 9.17) is 4.74 Å². The summed E-state index contributed by atoms with van der Waals surface area (Å²) in [4.78, 5) is 24.9. The van der Waals surface area contributed by atoms with Crippen LogP contribution in [0.25, 0.3) is 12.2 Å². The highest BCUT2D eigenvalue weighted by Gasteiger charge is 2.06. The first kappa shape index (κ1) is 19.6. The largest absolute Gasteiger partial charge is 0.495 e. The number of benzene rings is 2. The highest BCUT2D eigenvalue weighted by atomic mass is 32.1. The average molecular weight is 394 g/mol. The summed E-state index contributed by atoms with van der Waals surface area (Å²) < 4.78 is 7.89. The van der Waals surface area contributed by atoms with Crippen LogP contribution in [-0.4, -0.2) is 17.6 Å². The van der Waals surface area contributed by atoms with Gasteiger partial charge in [0.1, 0.15) is 10.4 Å². The zero-order valence-electron chi connectivity index (χ0n) is 16.1. The smallest absolute Gasteiger partial charge is 0.268 e. The number of amides is 1. The lowest BCUT2D eigenvalue weighted by Crippen LogP contribution is -2.29. The third kappa shape index (κ3) is 4.40. The Bertz CT molecular complexity index is 1160. The number of para-hydroxylation sites is 2. The molecule has 2 aromatic carbocycles. The van der Waals surface area contributed by atoms with Gasteiger partial charge in [0.2, 0.25) is 0 Å². The number of ether oxygens (including phenoxy) is 1. The molecule has 1 amide bonds. The number of methoxy groups -OCH3 is 1. The summed E-state index contributed by atoms with van der Waals surface area (Å²) in [6.45, 7) is 2.10. The molecule has 1 aromatic heterocycles. The Labute approximate surface area is 167 Å². The molecule has 0 aliphatic rings. The summed E-state index contributed by atoms with van der Waals surface area (Å²) >= 11 is 1.29. The van der Waals surface area contributed by atoms with Gasteiger partial charge in [-0.15, -0.1) is 11.3 Å². The maximum absolute atomic E-state index is 12.5. The van der Waals surface area contributed by atoms with E-state index in [-0.39, 0.29) is 11.5 Å². The van der Waals surface area contributed by atoms with Crippen LogP contribution in [0.1, 0.15) is 18.1 Å². The maximum atomic E-state index is 12.5. The molecule has 0 unspecified atom stereocenters. The summed E-state index contributed by atoms with van der Waals surface area (Å²) in [5.41, 5.74) is 2.66. The van der Waals surface area contributed by atoms with E-state index in [1.165, 1.54) is 27.5 Å². The molecule has 0 aliphatic carbocycles. The van der Waals surface area contributed by atoms with Gasteiger partial charge in [0.25, 0.3) is 11.5 Å². The van der Waals surface area contributed by atoms with Gasteiger partial charge in [0.15, 0.2) is 0 Å². The van der Waals surface area contributed by atoms with Crippen LogP contribution in [0.2, 0.25) is 0 Å². The van der Waals surface area contributed by atoms with Crippen molar-refractivity contribution >= 4 is 35.1 Å². The molecule has 6 heteroatoms. The number of nitrogens with one attached hydrogen (secondary N) is 1. The van der Waals surface area contributed by atoms with Crippen molar-refractivity contribution in [1.82, 2.24) is 4.57 Å². The number of aryl methyl sites for hydroxylation is 1. The molecule has 0 radical (unpaired) electrons. The Balaban J connectivity index is 1.92. The van der Waals surface area contributed by atoms with Gasteiger partial charge in [-0.25, -0.2) is 0 Å². The predicted molar refractivity (Wildman–Crippen MR) is 114 cm³/mol. The molecular formula is C22H22N2O3S. The van der Waals surface area contributed by atoms with Crippen molar-refractivity contribution in [3.05, 3.63) is 79.2 Å². The van der Waals surface area contributed by atoms with Crippen LogP contribution in [0, 0.1) is 0 Å². The van der Waals surface area contributed by atoms with Gasteiger partial charge in [0.05, 0.1) is 17.3 Å². The van der Waals surface area contributed by atoms with Crippen molar-refractivity contribution in [3.8, 4) is 5.75 Å². The minimum Gasteiger partial charge on any atom is -0.495 e. The highest BCUT2D eigenvalue weighted by molar-refractivity contribution is 7.07. The number of nitrogens with zero attached hydrogens (tertiary/aromatic N) is 1. The van der Waals surface area contributed by atoms with E-state index >= 15 is 0 Å². The highest BCUT2D eigenvalue weighted by Crippen LogP contribution is 2.22. The number of aromatic nitrogens is 1. The van der Waals surface area contributed by atoms with Gasteiger partial charge in [-0.3, -0.25) is 9.59 Å². The lowest BCUT2D eigenvalue weighted by molar-refractivity contribution is -0.110. The minimum absolute atomic E-state index is 0.124. The summed E-state index contributed by atoms with van der Waals surface area (Å²) in [7, 11) is 3.21. The van der Waals surface area contributed by atoms with Crippen LogP contribution < -0.4 is 24.8 Å². The van der Waals surface area contributed by atoms with Crippen molar-refractivity contribution in [2.24, 2.45) is 7.05 Å². The fraction of sp³-hybridized carbons (Fsp3) is 0.182. The molecule has 0 fully saturated rings. The standard InChI is InChI=1S/C22H22N2O3S/c1-4-15-9-11-16(12-10-15)13-19-22(26)24(2)21(28-19)14-20(25)23-17-7-5-6-8-18(17)27-3/h5-14H,4H2,1-3H3,(H,23,25). The minimum atomic E-state index is -0.319. The normalized spacial score (nSPS) is 12.2. The molecule has 0 saturated heterocycles. The zero-order valence-corrected chi connectivity index (χ0v) is 16.9. The first-order valence-corrected chi connectivity index (χ1v) is 9.75. The molecule has 0 saturated carbocycles. The first-order chi connectivity index (χ1) is 13.5. The summed E-state index contributed by atoms with van der Waals surface area (Å²) in [5.74, 6) is 0.258. The summed E-state index contributed by atoms with van der Waals surface area (Å²) in [6, 6.07) is 15.3. The van der Waals surface area contributed by atoms with Gasteiger partial charge in [-0.1, -0.05) is 43.3 Å². The Morgan fingerprint density at radius 1 is 1.18 bits per heavy atom. The molecule has 5 nitrogen and oxygen atoms in total. The SMILES string of the molecule is CCc1ccc(C=c2sc(=CC(=O)Nc3ccccc3OC)n(C)c2=O)cc1. The van der Waals surface area contributed by atoms with Crippen LogP contribution in [0.15, 0.2) is 53.3 Å². The summed E-state index contributed by atoms with van der Waals surface area (Å²) in [6.07, 6.45) is 4.25. The van der Waals surface area contributed by atoms with Crippen molar-refractivity contribution in [2.45, 2.75) is 13.3 Å². The lowest BCUT2D eigenvalue weighted by Gasteiger charge is -2.07.